The van der Waals surface area contributed by atoms with Crippen LogP contribution in [0.5, 0.6) is 6.01 Å². The van der Waals surface area contributed by atoms with Crippen LogP contribution in [0.3, 0.4) is 0 Å². The smallest absolute Gasteiger partial charge is 0.320 e. The van der Waals surface area contributed by atoms with Crippen molar-refractivity contribution < 1.29 is 13.5 Å². The molecule has 5 fully saturated rings. The molecule has 6 heterocycles. The molecule has 0 aromatic carbocycles. The first kappa shape index (κ1) is 29.2. The van der Waals surface area contributed by atoms with Crippen molar-refractivity contribution in [2.45, 2.75) is 81.2 Å². The van der Waals surface area contributed by atoms with Crippen molar-refractivity contribution in [3.8, 4) is 18.1 Å². The van der Waals surface area contributed by atoms with Crippen molar-refractivity contribution in [1.29, 1.82) is 10.5 Å². The lowest BCUT2D eigenvalue weighted by Crippen LogP contribution is -2.61. The van der Waals surface area contributed by atoms with Crippen LogP contribution in [0.25, 0.3) is 0 Å². The molecular formula is C32H39F2N9OS. The molecule has 4 aliphatic heterocycles. The Hall–Kier alpha value is -3.26. The van der Waals surface area contributed by atoms with Crippen molar-refractivity contribution >= 4 is 28.0 Å². The van der Waals surface area contributed by atoms with Crippen LogP contribution in [0.2, 0.25) is 0 Å². The molecule has 1 spiro atoms. The van der Waals surface area contributed by atoms with Gasteiger partial charge in [0.05, 0.1) is 12.2 Å². The van der Waals surface area contributed by atoms with E-state index in [1.165, 1.54) is 4.88 Å². The van der Waals surface area contributed by atoms with Gasteiger partial charge in [-0.25, -0.2) is 8.78 Å². The highest BCUT2D eigenvalue weighted by Gasteiger charge is 2.51. The Kier molecular flexibility index (Phi) is 6.90. The highest BCUT2D eigenvalue weighted by atomic mass is 32.1. The Morgan fingerprint density at radius 3 is 2.27 bits per heavy atom. The first-order valence-electron chi connectivity index (χ1n) is 16.3. The van der Waals surface area contributed by atoms with Gasteiger partial charge >= 0.3 is 6.01 Å². The van der Waals surface area contributed by atoms with Crippen molar-refractivity contribution in [1.82, 2.24) is 20.2 Å². The lowest BCUT2D eigenvalue weighted by atomic mass is 9.66. The van der Waals surface area contributed by atoms with E-state index in [4.69, 9.17) is 20.4 Å². The number of nitriles is 2. The van der Waals surface area contributed by atoms with E-state index in [0.29, 0.717) is 72.6 Å². The fraction of sp³-hybridized carbons (Fsp3) is 0.688. The molecule has 2 aromatic rings. The summed E-state index contributed by atoms with van der Waals surface area (Å²) in [4.78, 5) is 17.5. The van der Waals surface area contributed by atoms with Crippen molar-refractivity contribution in [3.05, 3.63) is 21.6 Å². The molecule has 0 radical (unpaired) electrons. The van der Waals surface area contributed by atoms with Gasteiger partial charge in [0.1, 0.15) is 22.7 Å². The average molecular weight is 636 g/mol. The summed E-state index contributed by atoms with van der Waals surface area (Å²) >= 11 is 1.54. The molecule has 13 heteroatoms. The number of piperidine rings is 1. The first-order valence-corrected chi connectivity index (χ1v) is 17.1. The Balaban J connectivity index is 1.07. The molecule has 3 N–H and O–H groups in total. The fourth-order valence-corrected chi connectivity index (χ4v) is 9.66. The molecule has 2 aromatic heterocycles. The summed E-state index contributed by atoms with van der Waals surface area (Å²) in [5.41, 5.74) is 8.20. The Labute approximate surface area is 266 Å². The van der Waals surface area contributed by atoms with Crippen molar-refractivity contribution in [2.24, 2.45) is 5.41 Å². The number of hydrogen-bond acceptors (Lipinski definition) is 11. The van der Waals surface area contributed by atoms with Crippen LogP contribution < -0.4 is 25.6 Å². The number of fused-ring (bicyclic) bond motifs is 4. The summed E-state index contributed by atoms with van der Waals surface area (Å²) in [6.07, 6.45) is 6.97. The molecule has 2 atom stereocenters. The second-order valence-corrected chi connectivity index (χ2v) is 15.5. The maximum Gasteiger partial charge on any atom is 0.320 e. The van der Waals surface area contributed by atoms with Gasteiger partial charge in [0.2, 0.25) is 0 Å². The largest absolute Gasteiger partial charge is 0.463 e. The number of thiophene rings is 1. The molecule has 8 rings (SSSR count). The number of likely N-dealkylation sites (tertiary alicyclic amines) is 1. The van der Waals surface area contributed by atoms with Gasteiger partial charge in [0, 0.05) is 86.4 Å². The van der Waals surface area contributed by atoms with Crippen LogP contribution in [0.15, 0.2) is 0 Å². The molecule has 10 nitrogen and oxygen atoms in total. The van der Waals surface area contributed by atoms with Crippen LogP contribution in [-0.2, 0) is 11.8 Å². The van der Waals surface area contributed by atoms with Crippen LogP contribution in [0.1, 0.15) is 72.9 Å². The third-order valence-electron chi connectivity index (χ3n) is 11.1. The highest BCUT2D eigenvalue weighted by molar-refractivity contribution is 7.16. The van der Waals surface area contributed by atoms with Gasteiger partial charge < -0.3 is 30.5 Å². The molecule has 45 heavy (non-hydrogen) atoms. The summed E-state index contributed by atoms with van der Waals surface area (Å²) in [5, 5.41) is 24.7. The number of ether oxygens (including phenoxy) is 1. The van der Waals surface area contributed by atoms with Crippen LogP contribution >= 0.6 is 11.3 Å². The van der Waals surface area contributed by atoms with Crippen LogP contribution in [0, 0.1) is 28.1 Å². The molecule has 2 aliphatic carbocycles. The summed E-state index contributed by atoms with van der Waals surface area (Å²) in [6.45, 7) is 4.84. The Morgan fingerprint density at radius 2 is 1.62 bits per heavy atom. The van der Waals surface area contributed by atoms with E-state index >= 15 is 0 Å². The zero-order valence-corrected chi connectivity index (χ0v) is 26.3. The zero-order valence-electron chi connectivity index (χ0n) is 25.5. The topological polar surface area (TPSA) is 130 Å². The number of aromatic nitrogens is 2. The van der Waals surface area contributed by atoms with Gasteiger partial charge in [0.15, 0.2) is 11.6 Å². The highest BCUT2D eigenvalue weighted by Crippen LogP contribution is 2.52. The molecule has 238 valence electrons. The van der Waals surface area contributed by atoms with Gasteiger partial charge in [-0.15, -0.1) is 11.3 Å². The van der Waals surface area contributed by atoms with Crippen molar-refractivity contribution in [3.63, 3.8) is 0 Å². The fourth-order valence-electron chi connectivity index (χ4n) is 8.47. The first-order chi connectivity index (χ1) is 21.7. The van der Waals surface area contributed by atoms with Crippen molar-refractivity contribution in [2.75, 3.05) is 68.0 Å². The number of rotatable bonds is 7. The number of piperazine rings is 1. The number of halogens is 2. The number of nitrogens with two attached hydrogens (primary N) is 1. The van der Waals surface area contributed by atoms with Gasteiger partial charge in [-0.3, -0.25) is 0 Å². The Bertz CT molecular complexity index is 1570. The van der Waals surface area contributed by atoms with Gasteiger partial charge in [-0.05, 0) is 50.5 Å². The summed E-state index contributed by atoms with van der Waals surface area (Å²) in [6, 6.07) is 5.81. The minimum Gasteiger partial charge on any atom is -0.463 e. The zero-order chi connectivity index (χ0) is 31.0. The van der Waals surface area contributed by atoms with Gasteiger partial charge in [-0.2, -0.15) is 20.5 Å². The molecule has 1 saturated carbocycles. The normalized spacial score (nSPS) is 27.4. The van der Waals surface area contributed by atoms with Crippen LogP contribution in [0.4, 0.5) is 25.4 Å². The predicted molar refractivity (Wildman–Crippen MR) is 167 cm³/mol. The third-order valence-corrected chi connectivity index (χ3v) is 12.2. The van der Waals surface area contributed by atoms with E-state index < -0.39 is 5.92 Å². The molecule has 4 saturated heterocycles. The number of aryl methyl sites for hydroxylation is 1. The minimum absolute atomic E-state index is 0.0791. The summed E-state index contributed by atoms with van der Waals surface area (Å²) in [5.74, 6) is -1.34. The standard InChI is InChI=1S/C32H39F2N9OS/c33-32(34)8-10-41(11-9-32)16-30(6-7-30)19-44-29-39-27(42-14-20-3-4-21(15-42)38-20)23(13-36)28(40-29)43-17-31(18-43)5-1-2-24-25(31)22(12-35)26(37)45-24/h20-21,38H,1-11,14-19,37H2/t20-,21?/m0/s1. The van der Waals surface area contributed by atoms with E-state index in [9.17, 15) is 19.3 Å². The van der Waals surface area contributed by atoms with Gasteiger partial charge in [0.25, 0.3) is 5.92 Å². The molecule has 6 aliphatic rings. The molecule has 2 bridgehead atoms. The van der Waals surface area contributed by atoms with Gasteiger partial charge in [-0.1, -0.05) is 0 Å². The number of hydrogen-bond donors (Lipinski definition) is 2. The van der Waals surface area contributed by atoms with Crippen LogP contribution in [-0.4, -0.2) is 85.3 Å². The number of alkyl halides is 2. The maximum atomic E-state index is 13.7. The van der Waals surface area contributed by atoms with E-state index in [0.717, 1.165) is 70.1 Å². The van der Waals surface area contributed by atoms with E-state index in [1.54, 1.807) is 11.3 Å². The lowest BCUT2D eigenvalue weighted by molar-refractivity contribution is -0.0591. The summed E-state index contributed by atoms with van der Waals surface area (Å²) < 4.78 is 33.9. The maximum absolute atomic E-state index is 13.7. The van der Waals surface area contributed by atoms with E-state index in [1.807, 2.05) is 0 Å². The quantitative estimate of drug-likeness (QED) is 0.464. The van der Waals surface area contributed by atoms with E-state index in [2.05, 4.69) is 32.2 Å². The molecule has 0 amide bonds. The molecule has 1 unspecified atom stereocenters. The third kappa shape index (κ3) is 5.17. The van der Waals surface area contributed by atoms with E-state index in [-0.39, 0.29) is 29.7 Å². The SMILES string of the molecule is N#Cc1c(N2CC3CC[C@@H](C2)N3)nc(OCC2(CN3CCC(F)(F)CC3)CC2)nc1N1CC2(CCCc3sc(N)c(C#N)c32)C1. The second kappa shape index (κ2) is 10.6. The predicted octanol–water partition coefficient (Wildman–Crippen LogP) is 3.79. The number of nitrogen functional groups attached to an aromatic ring is 1. The minimum atomic E-state index is -2.56. The molecular weight excluding hydrogens is 596 g/mol. The number of nitrogens with one attached hydrogen (secondary N) is 1. The Morgan fingerprint density at radius 1 is 0.956 bits per heavy atom. The lowest BCUT2D eigenvalue weighted by Gasteiger charge is -2.53. The number of nitrogens with zero attached hydrogens (tertiary/aromatic N) is 7. The average Bonchev–Trinajstić information content (AvgIpc) is 3.58. The number of anilines is 3. The summed E-state index contributed by atoms with van der Waals surface area (Å²) in [7, 11) is 0. The second-order valence-electron chi connectivity index (χ2n) is 14.3. The monoisotopic (exact) mass is 635 g/mol.